The lowest BCUT2D eigenvalue weighted by Gasteiger charge is -2.25. The molecule has 2 N–H and O–H groups in total. The van der Waals surface area contributed by atoms with E-state index in [1.54, 1.807) is 25.1 Å². The Morgan fingerprint density at radius 1 is 1.27 bits per heavy atom. The van der Waals surface area contributed by atoms with Crippen molar-refractivity contribution in [1.29, 1.82) is 0 Å². The molecule has 2 aromatic rings. The van der Waals surface area contributed by atoms with Gasteiger partial charge in [0.1, 0.15) is 0 Å². The van der Waals surface area contributed by atoms with E-state index in [4.69, 9.17) is 4.74 Å². The van der Waals surface area contributed by atoms with Gasteiger partial charge in [0, 0.05) is 25.3 Å². The van der Waals surface area contributed by atoms with Crippen molar-refractivity contribution in [3.8, 4) is 5.75 Å². The highest BCUT2D eigenvalue weighted by molar-refractivity contribution is 6.03. The highest BCUT2D eigenvalue weighted by Gasteiger charge is 2.27. The van der Waals surface area contributed by atoms with Crippen LogP contribution in [0.2, 0.25) is 0 Å². The van der Waals surface area contributed by atoms with Gasteiger partial charge in [-0.3, -0.25) is 9.59 Å². The number of nitrogens with zero attached hydrogens (tertiary/aromatic N) is 1. The first kappa shape index (κ1) is 16.4. The molecule has 0 bridgehead atoms. The van der Waals surface area contributed by atoms with Crippen molar-refractivity contribution in [1.82, 2.24) is 5.32 Å². The molecule has 2 aliphatic rings. The zero-order chi connectivity index (χ0) is 18.1. The predicted molar refractivity (Wildman–Crippen MR) is 99.9 cm³/mol. The van der Waals surface area contributed by atoms with Gasteiger partial charge in [-0.25, -0.2) is 0 Å². The van der Waals surface area contributed by atoms with Crippen LogP contribution >= 0.6 is 0 Å². The third-order valence-corrected chi connectivity index (χ3v) is 4.83. The number of nitrogens with one attached hydrogen (secondary N) is 2. The van der Waals surface area contributed by atoms with Crippen LogP contribution in [0.15, 0.2) is 42.5 Å². The number of carbonyl (C=O) groups is 2. The average molecular weight is 351 g/mol. The zero-order valence-corrected chi connectivity index (χ0v) is 14.6. The van der Waals surface area contributed by atoms with Gasteiger partial charge < -0.3 is 20.3 Å². The monoisotopic (exact) mass is 351 g/mol. The number of carbonyl (C=O) groups excluding carboxylic acids is 2. The number of amides is 2. The van der Waals surface area contributed by atoms with Gasteiger partial charge in [-0.05, 0) is 37.1 Å². The van der Waals surface area contributed by atoms with Crippen LogP contribution in [0.5, 0.6) is 5.75 Å². The minimum absolute atomic E-state index is 0.197. The molecule has 0 unspecified atom stereocenters. The molecule has 1 atom stereocenters. The summed E-state index contributed by atoms with van der Waals surface area (Å²) in [6, 6.07) is 13.6. The summed E-state index contributed by atoms with van der Waals surface area (Å²) in [5.41, 5.74) is 3.58. The van der Waals surface area contributed by atoms with Crippen LogP contribution in [-0.2, 0) is 11.2 Å². The summed E-state index contributed by atoms with van der Waals surface area (Å²) < 4.78 is 5.64. The van der Waals surface area contributed by atoms with Gasteiger partial charge in [0.05, 0.1) is 11.3 Å². The molecule has 4 rings (SSSR count). The molecule has 0 saturated carbocycles. The molecular formula is C20H21N3O3. The summed E-state index contributed by atoms with van der Waals surface area (Å²) in [4.78, 5) is 26.6. The lowest BCUT2D eigenvalue weighted by atomic mass is 10.1. The number of ether oxygens (including phenoxy) is 1. The van der Waals surface area contributed by atoms with E-state index in [1.165, 1.54) is 11.3 Å². The van der Waals surface area contributed by atoms with Crippen molar-refractivity contribution in [3.63, 3.8) is 0 Å². The Bertz CT molecular complexity index is 865. The summed E-state index contributed by atoms with van der Waals surface area (Å²) >= 11 is 0. The average Bonchev–Trinajstić information content (AvgIpc) is 3.05. The first-order valence-electron chi connectivity index (χ1n) is 8.85. The molecule has 0 radical (unpaired) electrons. The first-order valence-corrected chi connectivity index (χ1v) is 8.85. The maximum atomic E-state index is 12.6. The van der Waals surface area contributed by atoms with Crippen LogP contribution in [-0.4, -0.2) is 37.6 Å². The molecule has 0 aromatic heterocycles. The summed E-state index contributed by atoms with van der Waals surface area (Å²) in [6.07, 6.45) is 0.430. The molecule has 134 valence electrons. The van der Waals surface area contributed by atoms with Gasteiger partial charge >= 0.3 is 0 Å². The van der Waals surface area contributed by atoms with Crippen molar-refractivity contribution in [2.75, 3.05) is 29.9 Å². The van der Waals surface area contributed by atoms with Gasteiger partial charge in [0.2, 0.25) is 0 Å². The van der Waals surface area contributed by atoms with Gasteiger partial charge in [-0.1, -0.05) is 24.3 Å². The number of hydrogen-bond donors (Lipinski definition) is 2. The molecule has 6 nitrogen and oxygen atoms in total. The Hall–Kier alpha value is -3.02. The molecule has 2 aliphatic heterocycles. The standard InChI is InChI=1S/C20H21N3O3/c1-13-19(24)22-16-7-4-6-15(18(16)26-13)20(25)21-10-12-23-11-9-14-5-2-3-8-17(14)23/h2-8,13H,9-12H2,1H3,(H,21,25)(H,22,24)/t13-/m1/s1. The second-order valence-electron chi connectivity index (χ2n) is 6.55. The van der Waals surface area contributed by atoms with Crippen molar-refractivity contribution >= 4 is 23.2 Å². The molecule has 0 spiro atoms. The van der Waals surface area contributed by atoms with E-state index in [-0.39, 0.29) is 11.8 Å². The van der Waals surface area contributed by atoms with Crippen LogP contribution in [0.1, 0.15) is 22.8 Å². The topological polar surface area (TPSA) is 70.7 Å². The zero-order valence-electron chi connectivity index (χ0n) is 14.6. The van der Waals surface area contributed by atoms with Crippen LogP contribution < -0.4 is 20.3 Å². The van der Waals surface area contributed by atoms with Gasteiger partial charge in [-0.2, -0.15) is 0 Å². The number of fused-ring (bicyclic) bond motifs is 2. The number of anilines is 2. The van der Waals surface area contributed by atoms with Crippen LogP contribution in [0.3, 0.4) is 0 Å². The fourth-order valence-electron chi connectivity index (χ4n) is 3.44. The third-order valence-electron chi connectivity index (χ3n) is 4.83. The summed E-state index contributed by atoms with van der Waals surface area (Å²) in [5, 5.41) is 5.72. The normalized spacial score (nSPS) is 17.8. The highest BCUT2D eigenvalue weighted by atomic mass is 16.5. The summed E-state index contributed by atoms with van der Waals surface area (Å²) in [7, 11) is 0. The maximum Gasteiger partial charge on any atom is 0.265 e. The van der Waals surface area contributed by atoms with Gasteiger partial charge in [0.15, 0.2) is 11.9 Å². The molecule has 26 heavy (non-hydrogen) atoms. The van der Waals surface area contributed by atoms with E-state index in [0.29, 0.717) is 23.5 Å². The van der Waals surface area contributed by atoms with E-state index in [2.05, 4.69) is 33.7 Å². The van der Waals surface area contributed by atoms with Gasteiger partial charge in [-0.15, -0.1) is 0 Å². The molecule has 0 saturated heterocycles. The van der Waals surface area contributed by atoms with E-state index < -0.39 is 6.10 Å². The second-order valence-corrected chi connectivity index (χ2v) is 6.55. The molecule has 0 fully saturated rings. The Kier molecular flexibility index (Phi) is 4.24. The van der Waals surface area contributed by atoms with Crippen molar-refractivity contribution in [2.45, 2.75) is 19.4 Å². The van der Waals surface area contributed by atoms with Crippen molar-refractivity contribution in [3.05, 3.63) is 53.6 Å². The maximum absolute atomic E-state index is 12.6. The quantitative estimate of drug-likeness (QED) is 0.886. The molecular weight excluding hydrogens is 330 g/mol. The van der Waals surface area contributed by atoms with Crippen LogP contribution in [0, 0.1) is 0 Å². The van der Waals surface area contributed by atoms with Crippen LogP contribution in [0.4, 0.5) is 11.4 Å². The second kappa shape index (κ2) is 6.71. The van der Waals surface area contributed by atoms with Crippen molar-refractivity contribution in [2.24, 2.45) is 0 Å². The molecule has 0 aliphatic carbocycles. The smallest absolute Gasteiger partial charge is 0.265 e. The summed E-state index contributed by atoms with van der Waals surface area (Å²) in [5.74, 6) is 0.0315. The minimum Gasteiger partial charge on any atom is -0.478 e. The number of benzene rings is 2. The lowest BCUT2D eigenvalue weighted by molar-refractivity contribution is -0.122. The predicted octanol–water partition coefficient (Wildman–Crippen LogP) is 2.20. The Labute approximate surface area is 152 Å². The highest BCUT2D eigenvalue weighted by Crippen LogP contribution is 2.33. The van der Waals surface area contributed by atoms with E-state index in [9.17, 15) is 9.59 Å². The SMILES string of the molecule is C[C@H]1Oc2c(cccc2C(=O)NCCN2CCc3ccccc32)NC1=O. The van der Waals surface area contributed by atoms with Crippen molar-refractivity contribution < 1.29 is 14.3 Å². The van der Waals surface area contributed by atoms with E-state index in [0.717, 1.165) is 19.5 Å². The third kappa shape index (κ3) is 2.98. The van der Waals surface area contributed by atoms with E-state index >= 15 is 0 Å². The first-order chi connectivity index (χ1) is 12.6. The molecule has 2 aromatic carbocycles. The fraction of sp³-hybridized carbons (Fsp3) is 0.300. The Balaban J connectivity index is 1.41. The Morgan fingerprint density at radius 2 is 2.12 bits per heavy atom. The Morgan fingerprint density at radius 3 is 3.00 bits per heavy atom. The lowest BCUT2D eigenvalue weighted by Crippen LogP contribution is -2.37. The summed E-state index contributed by atoms with van der Waals surface area (Å²) in [6.45, 7) is 3.94. The fourth-order valence-corrected chi connectivity index (χ4v) is 3.44. The minimum atomic E-state index is -0.613. The number of para-hydroxylation sites is 2. The number of rotatable bonds is 4. The number of hydrogen-bond acceptors (Lipinski definition) is 4. The molecule has 2 heterocycles. The molecule has 6 heteroatoms. The van der Waals surface area contributed by atoms with E-state index in [1.807, 2.05) is 6.07 Å². The van der Waals surface area contributed by atoms with Gasteiger partial charge in [0.25, 0.3) is 11.8 Å². The molecule has 2 amide bonds. The van der Waals surface area contributed by atoms with Crippen LogP contribution in [0.25, 0.3) is 0 Å². The largest absolute Gasteiger partial charge is 0.478 e.